The van der Waals surface area contributed by atoms with E-state index in [1.54, 1.807) is 24.3 Å². The zero-order valence-corrected chi connectivity index (χ0v) is 12.3. The van der Waals surface area contributed by atoms with Crippen LogP contribution in [0, 0.1) is 11.3 Å². The van der Waals surface area contributed by atoms with Crippen LogP contribution in [0.2, 0.25) is 0 Å². The number of nitriles is 1. The molecule has 1 aromatic carbocycles. The summed E-state index contributed by atoms with van der Waals surface area (Å²) >= 11 is 0. The lowest BCUT2D eigenvalue weighted by Gasteiger charge is -2.14. The van der Waals surface area contributed by atoms with Crippen molar-refractivity contribution in [1.29, 1.82) is 5.26 Å². The number of hydrogen-bond donors (Lipinski definition) is 1. The van der Waals surface area contributed by atoms with Gasteiger partial charge >= 0.3 is 5.97 Å². The van der Waals surface area contributed by atoms with Crippen LogP contribution in [-0.4, -0.2) is 30.6 Å². The maximum Gasteiger partial charge on any atom is 0.347 e. The summed E-state index contributed by atoms with van der Waals surface area (Å²) in [7, 11) is 0. The van der Waals surface area contributed by atoms with E-state index in [9.17, 15) is 9.59 Å². The molecular formula is C15H18N2O4. The Bertz CT molecular complexity index is 532. The monoisotopic (exact) mass is 290 g/mol. The molecule has 0 aliphatic rings. The van der Waals surface area contributed by atoms with Gasteiger partial charge in [-0.05, 0) is 45.0 Å². The molecule has 0 aliphatic heterocycles. The van der Waals surface area contributed by atoms with E-state index in [1.165, 1.54) is 6.92 Å². The third-order valence-corrected chi connectivity index (χ3v) is 2.42. The topological polar surface area (TPSA) is 88.4 Å². The molecule has 0 radical (unpaired) electrons. The molecule has 0 aliphatic carbocycles. The summed E-state index contributed by atoms with van der Waals surface area (Å²) in [5, 5.41) is 11.3. The number of nitrogens with zero attached hydrogens (tertiary/aromatic N) is 1. The minimum atomic E-state index is -0.843. The first-order valence-electron chi connectivity index (χ1n) is 6.55. The third kappa shape index (κ3) is 5.95. The Balaban J connectivity index is 2.43. The van der Waals surface area contributed by atoms with Crippen LogP contribution >= 0.6 is 0 Å². The molecule has 0 spiro atoms. The molecule has 112 valence electrons. The van der Waals surface area contributed by atoms with E-state index in [4.69, 9.17) is 14.7 Å². The van der Waals surface area contributed by atoms with E-state index < -0.39 is 12.1 Å². The van der Waals surface area contributed by atoms with Crippen molar-refractivity contribution in [3.8, 4) is 11.8 Å². The largest absolute Gasteiger partial charge is 0.479 e. The molecule has 0 saturated heterocycles. The Kier molecular flexibility index (Phi) is 6.21. The van der Waals surface area contributed by atoms with Crippen molar-refractivity contribution in [2.45, 2.75) is 32.9 Å². The van der Waals surface area contributed by atoms with Gasteiger partial charge in [0.2, 0.25) is 0 Å². The van der Waals surface area contributed by atoms with Crippen molar-refractivity contribution >= 4 is 11.9 Å². The van der Waals surface area contributed by atoms with E-state index in [1.807, 2.05) is 19.9 Å². The van der Waals surface area contributed by atoms with Gasteiger partial charge in [0.1, 0.15) is 5.75 Å². The Morgan fingerprint density at radius 2 is 1.86 bits per heavy atom. The van der Waals surface area contributed by atoms with Crippen LogP contribution in [0.3, 0.4) is 0 Å². The Hall–Kier alpha value is -2.55. The van der Waals surface area contributed by atoms with Gasteiger partial charge in [-0.2, -0.15) is 5.26 Å². The molecule has 21 heavy (non-hydrogen) atoms. The van der Waals surface area contributed by atoms with Crippen molar-refractivity contribution in [1.82, 2.24) is 5.32 Å². The van der Waals surface area contributed by atoms with Crippen molar-refractivity contribution in [3.63, 3.8) is 0 Å². The first-order chi connectivity index (χ1) is 9.92. The van der Waals surface area contributed by atoms with Crippen LogP contribution in [-0.2, 0) is 14.3 Å². The zero-order valence-electron chi connectivity index (χ0n) is 12.3. The van der Waals surface area contributed by atoms with Gasteiger partial charge in [-0.15, -0.1) is 0 Å². The van der Waals surface area contributed by atoms with Gasteiger partial charge in [-0.3, -0.25) is 4.79 Å². The Morgan fingerprint density at radius 3 is 2.38 bits per heavy atom. The van der Waals surface area contributed by atoms with E-state index >= 15 is 0 Å². The highest BCUT2D eigenvalue weighted by atomic mass is 16.6. The molecule has 0 aromatic heterocycles. The summed E-state index contributed by atoms with van der Waals surface area (Å²) in [6.45, 7) is 4.83. The molecule has 6 heteroatoms. The average molecular weight is 290 g/mol. The van der Waals surface area contributed by atoms with Gasteiger partial charge in [-0.1, -0.05) is 0 Å². The lowest BCUT2D eigenvalue weighted by atomic mass is 10.2. The molecule has 0 unspecified atom stereocenters. The number of benzene rings is 1. The predicted octanol–water partition coefficient (Wildman–Crippen LogP) is 1.39. The number of amides is 1. The molecular weight excluding hydrogens is 272 g/mol. The van der Waals surface area contributed by atoms with Gasteiger partial charge in [0.05, 0.1) is 11.6 Å². The lowest BCUT2D eigenvalue weighted by Crippen LogP contribution is -2.36. The van der Waals surface area contributed by atoms with Gasteiger partial charge in [-0.25, -0.2) is 4.79 Å². The summed E-state index contributed by atoms with van der Waals surface area (Å²) in [5.41, 5.74) is 0.503. The number of hydrogen-bond acceptors (Lipinski definition) is 5. The second-order valence-electron chi connectivity index (χ2n) is 4.73. The van der Waals surface area contributed by atoms with Crippen molar-refractivity contribution in [2.24, 2.45) is 0 Å². The van der Waals surface area contributed by atoms with Crippen LogP contribution < -0.4 is 10.1 Å². The van der Waals surface area contributed by atoms with Crippen LogP contribution in [0.15, 0.2) is 24.3 Å². The number of carbonyl (C=O) groups excluding carboxylic acids is 2. The van der Waals surface area contributed by atoms with E-state index in [-0.39, 0.29) is 18.6 Å². The van der Waals surface area contributed by atoms with Crippen molar-refractivity contribution in [3.05, 3.63) is 29.8 Å². The number of carbonyl (C=O) groups is 2. The minimum Gasteiger partial charge on any atom is -0.479 e. The first-order valence-corrected chi connectivity index (χ1v) is 6.55. The SMILES string of the molecule is CC(C)NC(=O)COC(=O)[C@H](C)Oc1ccc(C#N)cc1. The number of ether oxygens (including phenoxy) is 2. The molecule has 0 heterocycles. The normalized spacial score (nSPS) is 11.4. The first kappa shape index (κ1) is 16.5. The van der Waals surface area contributed by atoms with Crippen LogP contribution in [0.1, 0.15) is 26.3 Å². The molecule has 1 rings (SSSR count). The summed E-state index contributed by atoms with van der Waals surface area (Å²) in [6, 6.07) is 8.33. The maximum atomic E-state index is 11.7. The molecule has 1 N–H and O–H groups in total. The summed E-state index contributed by atoms with van der Waals surface area (Å²) in [6.07, 6.45) is -0.843. The molecule has 1 aromatic rings. The second kappa shape index (κ2) is 7.90. The Morgan fingerprint density at radius 1 is 1.24 bits per heavy atom. The number of nitrogens with one attached hydrogen (secondary N) is 1. The smallest absolute Gasteiger partial charge is 0.347 e. The summed E-state index contributed by atoms with van der Waals surface area (Å²) < 4.78 is 10.2. The highest BCUT2D eigenvalue weighted by Crippen LogP contribution is 2.13. The van der Waals surface area contributed by atoms with Gasteiger partial charge in [0.25, 0.3) is 5.91 Å². The van der Waals surface area contributed by atoms with Gasteiger partial charge in [0, 0.05) is 6.04 Å². The van der Waals surface area contributed by atoms with Crippen molar-refractivity contribution < 1.29 is 19.1 Å². The lowest BCUT2D eigenvalue weighted by molar-refractivity contribution is -0.154. The average Bonchev–Trinajstić information content (AvgIpc) is 2.44. The molecule has 0 saturated carbocycles. The maximum absolute atomic E-state index is 11.7. The van der Waals surface area contributed by atoms with E-state index in [0.717, 1.165) is 0 Å². The standard InChI is InChI=1S/C15H18N2O4/c1-10(2)17-14(18)9-20-15(19)11(3)21-13-6-4-12(8-16)5-7-13/h4-7,10-11H,9H2,1-3H3,(H,17,18)/t11-/m0/s1. The fraction of sp³-hybridized carbons (Fsp3) is 0.400. The van der Waals surface area contributed by atoms with Crippen LogP contribution in [0.25, 0.3) is 0 Å². The summed E-state index contributed by atoms with van der Waals surface area (Å²) in [4.78, 5) is 23.0. The molecule has 1 amide bonds. The van der Waals surface area contributed by atoms with E-state index in [2.05, 4.69) is 5.32 Å². The third-order valence-electron chi connectivity index (χ3n) is 2.42. The fourth-order valence-corrected chi connectivity index (χ4v) is 1.48. The highest BCUT2D eigenvalue weighted by molar-refractivity contribution is 5.82. The molecule has 1 atom stereocenters. The summed E-state index contributed by atoms with van der Waals surface area (Å²) in [5.74, 6) is -0.535. The fourth-order valence-electron chi connectivity index (χ4n) is 1.48. The zero-order chi connectivity index (χ0) is 15.8. The number of rotatable bonds is 6. The van der Waals surface area contributed by atoms with Crippen molar-refractivity contribution in [2.75, 3.05) is 6.61 Å². The molecule has 0 fully saturated rings. The second-order valence-corrected chi connectivity index (χ2v) is 4.73. The predicted molar refractivity (Wildman–Crippen MR) is 75.5 cm³/mol. The van der Waals surface area contributed by atoms with Crippen LogP contribution in [0.4, 0.5) is 0 Å². The van der Waals surface area contributed by atoms with Crippen LogP contribution in [0.5, 0.6) is 5.75 Å². The Labute approximate surface area is 123 Å². The quantitative estimate of drug-likeness (QED) is 0.800. The number of esters is 1. The van der Waals surface area contributed by atoms with Gasteiger partial charge < -0.3 is 14.8 Å². The molecule has 0 bridgehead atoms. The minimum absolute atomic E-state index is 0.0106. The van der Waals surface area contributed by atoms with Gasteiger partial charge in [0.15, 0.2) is 12.7 Å². The molecule has 6 nitrogen and oxygen atoms in total. The highest BCUT2D eigenvalue weighted by Gasteiger charge is 2.18. The van der Waals surface area contributed by atoms with E-state index in [0.29, 0.717) is 11.3 Å².